The molecule has 1 atom stereocenters. The molecule has 4 heteroatoms. The summed E-state index contributed by atoms with van der Waals surface area (Å²) < 4.78 is 5.85. The van der Waals surface area contributed by atoms with Gasteiger partial charge < -0.3 is 14.7 Å². The number of aryl methyl sites for hydroxylation is 1. The molecule has 0 saturated carbocycles. The Morgan fingerprint density at radius 3 is 2.55 bits per heavy atom. The zero-order chi connectivity index (χ0) is 15.5. The van der Waals surface area contributed by atoms with Gasteiger partial charge in [-0.25, -0.2) is 0 Å². The molecule has 22 heavy (non-hydrogen) atoms. The van der Waals surface area contributed by atoms with Crippen molar-refractivity contribution in [2.24, 2.45) is 5.92 Å². The third kappa shape index (κ3) is 2.97. The van der Waals surface area contributed by atoms with Crippen molar-refractivity contribution in [2.75, 3.05) is 18.1 Å². The summed E-state index contributed by atoms with van der Waals surface area (Å²) in [6.45, 7) is 2.63. The van der Waals surface area contributed by atoms with Gasteiger partial charge in [-0.2, -0.15) is 0 Å². The normalized spacial score (nSPS) is 17.8. The average molecular weight is 297 g/mol. The van der Waals surface area contributed by atoms with Crippen LogP contribution in [-0.4, -0.2) is 24.2 Å². The smallest absolute Gasteiger partial charge is 0.227 e. The fraction of sp³-hybridized carbons (Fsp3) is 0.278. The monoisotopic (exact) mass is 297 g/mol. The molecule has 1 amide bonds. The van der Waals surface area contributed by atoms with Crippen LogP contribution in [-0.2, 0) is 4.79 Å². The van der Waals surface area contributed by atoms with Crippen molar-refractivity contribution in [2.45, 2.75) is 13.3 Å². The lowest BCUT2D eigenvalue weighted by Gasteiger charge is -2.17. The van der Waals surface area contributed by atoms with E-state index in [1.165, 1.54) is 0 Å². The van der Waals surface area contributed by atoms with E-state index < -0.39 is 0 Å². The van der Waals surface area contributed by atoms with E-state index in [2.05, 4.69) is 0 Å². The van der Waals surface area contributed by atoms with Crippen LogP contribution in [0.2, 0.25) is 0 Å². The number of para-hydroxylation sites is 1. The fourth-order valence-corrected chi connectivity index (χ4v) is 2.65. The highest BCUT2D eigenvalue weighted by molar-refractivity contribution is 5.95. The number of hydrogen-bond acceptors (Lipinski definition) is 3. The molecule has 3 rings (SSSR count). The lowest BCUT2D eigenvalue weighted by molar-refractivity contribution is -0.117. The van der Waals surface area contributed by atoms with Crippen molar-refractivity contribution in [3.63, 3.8) is 0 Å². The average Bonchev–Trinajstić information content (AvgIpc) is 2.91. The Labute approximate surface area is 130 Å². The second kappa shape index (κ2) is 6.20. The Morgan fingerprint density at radius 1 is 1.18 bits per heavy atom. The maximum Gasteiger partial charge on any atom is 0.227 e. The predicted molar refractivity (Wildman–Crippen MR) is 85.2 cm³/mol. The third-order valence-corrected chi connectivity index (χ3v) is 3.93. The van der Waals surface area contributed by atoms with Crippen LogP contribution in [0, 0.1) is 12.8 Å². The number of aliphatic hydroxyl groups is 1. The summed E-state index contributed by atoms with van der Waals surface area (Å²) in [6.07, 6.45) is 0.415. The minimum Gasteiger partial charge on any atom is -0.457 e. The molecule has 1 saturated heterocycles. The van der Waals surface area contributed by atoms with Crippen molar-refractivity contribution in [1.29, 1.82) is 0 Å². The van der Waals surface area contributed by atoms with Crippen LogP contribution in [0.5, 0.6) is 11.5 Å². The van der Waals surface area contributed by atoms with Crippen LogP contribution in [0.15, 0.2) is 48.5 Å². The topological polar surface area (TPSA) is 49.8 Å². The first kappa shape index (κ1) is 14.6. The largest absolute Gasteiger partial charge is 0.457 e. The van der Waals surface area contributed by atoms with Gasteiger partial charge in [-0.05, 0) is 42.8 Å². The summed E-state index contributed by atoms with van der Waals surface area (Å²) in [5.74, 6) is 1.67. The maximum absolute atomic E-state index is 11.9. The number of carbonyl (C=O) groups is 1. The summed E-state index contributed by atoms with van der Waals surface area (Å²) in [4.78, 5) is 13.7. The summed E-state index contributed by atoms with van der Waals surface area (Å²) in [5, 5.41) is 9.18. The Balaban J connectivity index is 1.73. The van der Waals surface area contributed by atoms with Gasteiger partial charge in [-0.1, -0.05) is 18.2 Å². The molecular weight excluding hydrogens is 278 g/mol. The summed E-state index contributed by atoms with van der Waals surface area (Å²) >= 11 is 0. The van der Waals surface area contributed by atoms with Crippen LogP contribution < -0.4 is 9.64 Å². The highest BCUT2D eigenvalue weighted by Gasteiger charge is 2.29. The summed E-state index contributed by atoms with van der Waals surface area (Å²) in [6, 6.07) is 15.3. The van der Waals surface area contributed by atoms with Gasteiger partial charge in [0.2, 0.25) is 5.91 Å². The van der Waals surface area contributed by atoms with Gasteiger partial charge in [-0.15, -0.1) is 0 Å². The molecule has 0 aromatic heterocycles. The van der Waals surface area contributed by atoms with E-state index >= 15 is 0 Å². The van der Waals surface area contributed by atoms with E-state index in [-0.39, 0.29) is 18.4 Å². The zero-order valence-electron chi connectivity index (χ0n) is 12.5. The van der Waals surface area contributed by atoms with Crippen molar-refractivity contribution in [1.82, 2.24) is 0 Å². The molecule has 1 N–H and O–H groups in total. The molecular formula is C18H19NO3. The quantitative estimate of drug-likeness (QED) is 0.943. The molecule has 1 unspecified atom stereocenters. The van der Waals surface area contributed by atoms with E-state index in [9.17, 15) is 9.90 Å². The number of benzene rings is 2. The van der Waals surface area contributed by atoms with Gasteiger partial charge in [0, 0.05) is 31.2 Å². The highest BCUT2D eigenvalue weighted by Crippen LogP contribution is 2.29. The standard InChI is InChI=1S/C18H19NO3/c1-13-4-2-3-5-17(13)22-16-8-6-15(7-9-16)19-11-14(12-20)10-18(19)21/h2-9,14,20H,10-12H2,1H3. The third-order valence-electron chi connectivity index (χ3n) is 3.93. The van der Waals surface area contributed by atoms with E-state index in [0.29, 0.717) is 13.0 Å². The molecule has 0 aliphatic carbocycles. The number of ether oxygens (including phenoxy) is 1. The van der Waals surface area contributed by atoms with Gasteiger partial charge in [0.05, 0.1) is 0 Å². The van der Waals surface area contributed by atoms with Crippen LogP contribution in [0.1, 0.15) is 12.0 Å². The van der Waals surface area contributed by atoms with Crippen LogP contribution >= 0.6 is 0 Å². The summed E-state index contributed by atoms with van der Waals surface area (Å²) in [7, 11) is 0. The van der Waals surface area contributed by atoms with Gasteiger partial charge in [0.25, 0.3) is 0 Å². The zero-order valence-corrected chi connectivity index (χ0v) is 12.5. The first-order valence-electron chi connectivity index (χ1n) is 7.42. The Kier molecular flexibility index (Phi) is 4.11. The number of aliphatic hydroxyl groups excluding tert-OH is 1. The molecule has 4 nitrogen and oxygen atoms in total. The van der Waals surface area contributed by atoms with Gasteiger partial charge in [0.1, 0.15) is 11.5 Å². The molecule has 0 radical (unpaired) electrons. The molecule has 2 aromatic rings. The number of rotatable bonds is 4. The minimum atomic E-state index is 0.0374. The van der Waals surface area contributed by atoms with Crippen LogP contribution in [0.25, 0.3) is 0 Å². The molecule has 0 spiro atoms. The van der Waals surface area contributed by atoms with Gasteiger partial charge in [-0.3, -0.25) is 4.79 Å². The molecule has 2 aromatic carbocycles. The van der Waals surface area contributed by atoms with Crippen molar-refractivity contribution >= 4 is 11.6 Å². The second-order valence-corrected chi connectivity index (χ2v) is 5.62. The van der Waals surface area contributed by atoms with Gasteiger partial charge in [0.15, 0.2) is 0 Å². The molecule has 1 aliphatic heterocycles. The first-order chi connectivity index (χ1) is 10.7. The van der Waals surface area contributed by atoms with E-state index in [1.54, 1.807) is 4.90 Å². The molecule has 114 valence electrons. The number of carbonyl (C=O) groups excluding carboxylic acids is 1. The van der Waals surface area contributed by atoms with E-state index in [4.69, 9.17) is 4.74 Å². The first-order valence-corrected chi connectivity index (χ1v) is 7.42. The number of anilines is 1. The van der Waals surface area contributed by atoms with Crippen LogP contribution in [0.3, 0.4) is 0 Å². The van der Waals surface area contributed by atoms with Crippen molar-refractivity contribution in [3.05, 3.63) is 54.1 Å². The SMILES string of the molecule is Cc1ccccc1Oc1ccc(N2CC(CO)CC2=O)cc1. The van der Waals surface area contributed by atoms with Crippen molar-refractivity contribution in [3.8, 4) is 11.5 Å². The lowest BCUT2D eigenvalue weighted by Crippen LogP contribution is -2.24. The second-order valence-electron chi connectivity index (χ2n) is 5.62. The minimum absolute atomic E-state index is 0.0374. The molecule has 1 aliphatic rings. The number of hydrogen-bond donors (Lipinski definition) is 1. The maximum atomic E-state index is 11.9. The predicted octanol–water partition coefficient (Wildman–Crippen LogP) is 3.13. The highest BCUT2D eigenvalue weighted by atomic mass is 16.5. The lowest BCUT2D eigenvalue weighted by atomic mass is 10.1. The van der Waals surface area contributed by atoms with E-state index in [0.717, 1.165) is 22.7 Å². The fourth-order valence-electron chi connectivity index (χ4n) is 2.65. The Hall–Kier alpha value is -2.33. The molecule has 1 fully saturated rings. The van der Waals surface area contributed by atoms with Crippen LogP contribution in [0.4, 0.5) is 5.69 Å². The van der Waals surface area contributed by atoms with Crippen molar-refractivity contribution < 1.29 is 14.6 Å². The number of amides is 1. The Bertz CT molecular complexity index is 666. The number of nitrogens with zero attached hydrogens (tertiary/aromatic N) is 1. The Morgan fingerprint density at radius 2 is 1.91 bits per heavy atom. The molecule has 0 bridgehead atoms. The van der Waals surface area contributed by atoms with Gasteiger partial charge >= 0.3 is 0 Å². The summed E-state index contributed by atoms with van der Waals surface area (Å²) in [5.41, 5.74) is 1.92. The molecule has 1 heterocycles. The van der Waals surface area contributed by atoms with E-state index in [1.807, 2.05) is 55.5 Å².